The van der Waals surface area contributed by atoms with E-state index in [1.165, 1.54) is 238 Å². The Morgan fingerprint density at radius 1 is 0.256 bits per heavy atom. The summed E-state index contributed by atoms with van der Waals surface area (Å²) in [6, 6.07) is 0. The highest BCUT2D eigenvalue weighted by Crippen LogP contribution is 2.17. The van der Waals surface area contributed by atoms with Crippen molar-refractivity contribution < 1.29 is 28.6 Å². The molecular weight excluding hydrogens is 961 g/mol. The molecule has 0 radical (unpaired) electrons. The number of carbonyl (C=O) groups is 3. The average molecular weight is 1090 g/mol. The summed E-state index contributed by atoms with van der Waals surface area (Å²) in [5.74, 6) is -0.876. The molecule has 0 bridgehead atoms. The summed E-state index contributed by atoms with van der Waals surface area (Å²) in [7, 11) is 0. The van der Waals surface area contributed by atoms with Gasteiger partial charge in [0.1, 0.15) is 13.2 Å². The molecular formula is C72H130O6. The molecule has 0 aromatic carbocycles. The molecule has 0 saturated carbocycles. The highest BCUT2D eigenvalue weighted by Gasteiger charge is 2.19. The summed E-state index contributed by atoms with van der Waals surface area (Å²) >= 11 is 0. The van der Waals surface area contributed by atoms with E-state index in [2.05, 4.69) is 81.5 Å². The Morgan fingerprint density at radius 2 is 0.462 bits per heavy atom. The van der Waals surface area contributed by atoms with Crippen LogP contribution in [-0.2, 0) is 28.6 Å². The third-order valence-corrected chi connectivity index (χ3v) is 15.2. The molecule has 0 aromatic heterocycles. The van der Waals surface area contributed by atoms with Gasteiger partial charge >= 0.3 is 17.9 Å². The van der Waals surface area contributed by atoms with Crippen LogP contribution >= 0.6 is 0 Å². The van der Waals surface area contributed by atoms with E-state index in [1.54, 1.807) is 0 Å². The molecule has 6 heteroatoms. The van der Waals surface area contributed by atoms with Gasteiger partial charge in [0, 0.05) is 19.3 Å². The maximum atomic E-state index is 12.9. The van der Waals surface area contributed by atoms with E-state index < -0.39 is 6.10 Å². The maximum Gasteiger partial charge on any atom is 0.306 e. The molecule has 0 fully saturated rings. The van der Waals surface area contributed by atoms with E-state index in [0.29, 0.717) is 19.3 Å². The molecule has 6 nitrogen and oxygen atoms in total. The van der Waals surface area contributed by atoms with Gasteiger partial charge in [-0.1, -0.05) is 293 Å². The monoisotopic (exact) mass is 1090 g/mol. The van der Waals surface area contributed by atoms with Gasteiger partial charge in [-0.15, -0.1) is 0 Å². The van der Waals surface area contributed by atoms with Crippen LogP contribution in [0, 0.1) is 0 Å². The van der Waals surface area contributed by atoms with Crippen molar-refractivity contribution >= 4 is 17.9 Å². The quantitative estimate of drug-likeness (QED) is 0.0261. The normalized spacial score (nSPS) is 12.4. The van der Waals surface area contributed by atoms with Crippen LogP contribution in [0.3, 0.4) is 0 Å². The molecule has 0 spiro atoms. The predicted octanol–water partition coefficient (Wildman–Crippen LogP) is 23.5. The summed E-state index contributed by atoms with van der Waals surface area (Å²) in [5, 5.41) is 0. The molecule has 0 aliphatic heterocycles. The number of esters is 3. The van der Waals surface area contributed by atoms with Gasteiger partial charge < -0.3 is 14.2 Å². The minimum atomic E-state index is -0.783. The zero-order valence-electron chi connectivity index (χ0n) is 52.2. The summed E-state index contributed by atoms with van der Waals surface area (Å²) < 4.78 is 17.0. The predicted molar refractivity (Wildman–Crippen MR) is 339 cm³/mol. The summed E-state index contributed by atoms with van der Waals surface area (Å²) in [4.78, 5) is 38.4. The van der Waals surface area contributed by atoms with Crippen LogP contribution in [0.4, 0.5) is 0 Å². The van der Waals surface area contributed by atoms with Crippen LogP contribution < -0.4 is 0 Å². The van der Waals surface area contributed by atoms with Gasteiger partial charge in [0.25, 0.3) is 0 Å². The van der Waals surface area contributed by atoms with E-state index in [0.717, 1.165) is 83.5 Å². The smallest absolute Gasteiger partial charge is 0.306 e. The number of hydrogen-bond donors (Lipinski definition) is 0. The van der Waals surface area contributed by atoms with E-state index >= 15 is 0 Å². The Morgan fingerprint density at radius 3 is 0.744 bits per heavy atom. The fourth-order valence-corrected chi connectivity index (χ4v) is 10.0. The third-order valence-electron chi connectivity index (χ3n) is 15.2. The number of rotatable bonds is 63. The molecule has 78 heavy (non-hydrogen) atoms. The molecule has 1 unspecified atom stereocenters. The minimum absolute atomic E-state index is 0.0779. The Hall–Kier alpha value is -2.89. The van der Waals surface area contributed by atoms with Gasteiger partial charge in [0.15, 0.2) is 6.10 Å². The Labute approximate surface area is 485 Å². The van der Waals surface area contributed by atoms with Crippen LogP contribution in [0.2, 0.25) is 0 Å². The van der Waals surface area contributed by atoms with Crippen LogP contribution in [0.5, 0.6) is 0 Å². The lowest BCUT2D eigenvalue weighted by atomic mass is 10.0. The van der Waals surface area contributed by atoms with E-state index in [9.17, 15) is 14.4 Å². The van der Waals surface area contributed by atoms with Crippen molar-refractivity contribution in [1.82, 2.24) is 0 Å². The number of allylic oxidation sites excluding steroid dienone is 10. The molecule has 0 rings (SSSR count). The first-order valence-corrected chi connectivity index (χ1v) is 34.3. The topological polar surface area (TPSA) is 78.9 Å². The van der Waals surface area contributed by atoms with Crippen molar-refractivity contribution in [2.24, 2.45) is 0 Å². The van der Waals surface area contributed by atoms with Crippen molar-refractivity contribution in [2.75, 3.05) is 13.2 Å². The largest absolute Gasteiger partial charge is 0.462 e. The molecule has 0 aliphatic carbocycles. The fourth-order valence-electron chi connectivity index (χ4n) is 10.0. The summed E-state index contributed by atoms with van der Waals surface area (Å²) in [5.41, 5.74) is 0. The lowest BCUT2D eigenvalue weighted by molar-refractivity contribution is -0.167. The lowest BCUT2D eigenvalue weighted by Gasteiger charge is -2.18. The van der Waals surface area contributed by atoms with Gasteiger partial charge in [-0.3, -0.25) is 14.4 Å². The molecule has 0 N–H and O–H groups in total. The second kappa shape index (κ2) is 66.6. The van der Waals surface area contributed by atoms with Gasteiger partial charge in [-0.2, -0.15) is 0 Å². The summed E-state index contributed by atoms with van der Waals surface area (Å²) in [6.07, 6.45) is 85.2. The SMILES string of the molecule is CCCCC/C=C\C/C=C\CCCCCCCC(=O)OCC(COC(=O)CCCCCCCCCCCCCCCCC/C=C\C/C=C\CCCCCCC)OC(=O)CCCCCCCCC/C=C\CCCCCCCCC. The van der Waals surface area contributed by atoms with Crippen molar-refractivity contribution in [2.45, 2.75) is 367 Å². The molecule has 0 aliphatic rings. The average Bonchev–Trinajstić information content (AvgIpc) is 3.44. The maximum absolute atomic E-state index is 12.9. The zero-order chi connectivity index (χ0) is 56.4. The molecule has 0 heterocycles. The van der Waals surface area contributed by atoms with Crippen molar-refractivity contribution in [3.63, 3.8) is 0 Å². The van der Waals surface area contributed by atoms with Crippen molar-refractivity contribution in [1.29, 1.82) is 0 Å². The van der Waals surface area contributed by atoms with Crippen molar-refractivity contribution in [3.05, 3.63) is 60.8 Å². The first-order valence-electron chi connectivity index (χ1n) is 34.3. The van der Waals surface area contributed by atoms with Crippen LogP contribution in [0.15, 0.2) is 60.8 Å². The van der Waals surface area contributed by atoms with Gasteiger partial charge in [-0.05, 0) is 109 Å². The summed E-state index contributed by atoms with van der Waals surface area (Å²) in [6.45, 7) is 6.64. The zero-order valence-corrected chi connectivity index (χ0v) is 52.2. The second-order valence-corrected chi connectivity index (χ2v) is 23.1. The lowest BCUT2D eigenvalue weighted by Crippen LogP contribution is -2.30. The highest BCUT2D eigenvalue weighted by molar-refractivity contribution is 5.71. The number of ether oxygens (including phenoxy) is 3. The second-order valence-electron chi connectivity index (χ2n) is 23.1. The Kier molecular flexibility index (Phi) is 64.2. The van der Waals surface area contributed by atoms with E-state index in [-0.39, 0.29) is 31.1 Å². The minimum Gasteiger partial charge on any atom is -0.462 e. The van der Waals surface area contributed by atoms with Crippen molar-refractivity contribution in [3.8, 4) is 0 Å². The fraction of sp³-hybridized carbons (Fsp3) is 0.819. The van der Waals surface area contributed by atoms with E-state index in [4.69, 9.17) is 14.2 Å². The first-order chi connectivity index (χ1) is 38.5. The molecule has 0 amide bonds. The van der Waals surface area contributed by atoms with Crippen LogP contribution in [0.1, 0.15) is 361 Å². The molecule has 0 aromatic rings. The number of carbonyl (C=O) groups excluding carboxylic acids is 3. The van der Waals surface area contributed by atoms with Gasteiger partial charge in [-0.25, -0.2) is 0 Å². The first kappa shape index (κ1) is 75.1. The van der Waals surface area contributed by atoms with Gasteiger partial charge in [0.2, 0.25) is 0 Å². The van der Waals surface area contributed by atoms with Gasteiger partial charge in [0.05, 0.1) is 0 Å². The molecule has 1 atom stereocenters. The molecule has 454 valence electrons. The van der Waals surface area contributed by atoms with E-state index in [1.807, 2.05) is 0 Å². The molecule has 0 saturated heterocycles. The van der Waals surface area contributed by atoms with Crippen LogP contribution in [-0.4, -0.2) is 37.2 Å². The number of unbranched alkanes of at least 4 members (excludes halogenated alkanes) is 42. The highest BCUT2D eigenvalue weighted by atomic mass is 16.6. The standard InChI is InChI=1S/C72H130O6/c1-4-7-10-13-16-19-22-25-28-30-32-33-34-35-36-37-38-39-40-42-44-47-50-53-56-59-62-65-71(74)77-68-69(67-76-70(73)64-61-58-55-52-49-46-43-27-24-21-18-15-12-9-6-3)78-72(75)66-63-60-57-54-51-48-45-41-31-29-26-23-20-17-14-11-8-5-2/h18,21-22,25,27,29-32,43,69H,4-17,19-20,23-24,26,28,33-42,44-68H2,1-3H3/b21-18-,25-22-,31-29-,32-30-,43-27-. The number of hydrogen-bond acceptors (Lipinski definition) is 6. The van der Waals surface area contributed by atoms with Crippen LogP contribution in [0.25, 0.3) is 0 Å². The Bertz CT molecular complexity index is 1390. The Balaban J connectivity index is 4.28. The third kappa shape index (κ3) is 63.9.